The molecule has 3 nitrogen and oxygen atoms in total. The van der Waals surface area contributed by atoms with Crippen LogP contribution in [0.1, 0.15) is 31.2 Å². The number of hydrogen-bond acceptors (Lipinski definition) is 3. The van der Waals surface area contributed by atoms with Gasteiger partial charge in [0.1, 0.15) is 0 Å². The van der Waals surface area contributed by atoms with E-state index < -0.39 is 0 Å². The molecule has 17 heavy (non-hydrogen) atoms. The molecule has 0 spiro atoms. The van der Waals surface area contributed by atoms with Crippen LogP contribution in [-0.4, -0.2) is 35.6 Å². The largest absolute Gasteiger partial charge is 0.329 e. The van der Waals surface area contributed by atoms with E-state index in [1.54, 1.807) is 0 Å². The van der Waals surface area contributed by atoms with Gasteiger partial charge in [0, 0.05) is 38.1 Å². The Morgan fingerprint density at radius 3 is 2.76 bits per heavy atom. The molecule has 0 radical (unpaired) electrons. The van der Waals surface area contributed by atoms with E-state index in [0.717, 1.165) is 32.1 Å². The highest BCUT2D eigenvalue weighted by Gasteiger charge is 2.21. The molecule has 1 aromatic rings. The van der Waals surface area contributed by atoms with Crippen molar-refractivity contribution < 1.29 is 0 Å². The van der Waals surface area contributed by atoms with Gasteiger partial charge in [-0.05, 0) is 30.9 Å². The monoisotopic (exact) mass is 233 g/mol. The lowest BCUT2D eigenvalue weighted by atomic mass is 10.1. The van der Waals surface area contributed by atoms with Crippen LogP contribution in [-0.2, 0) is 6.42 Å². The van der Waals surface area contributed by atoms with Crippen LogP contribution in [0.15, 0.2) is 24.5 Å². The van der Waals surface area contributed by atoms with E-state index in [-0.39, 0.29) is 0 Å². The number of nitrogens with two attached hydrogens (primary N) is 1. The molecule has 0 saturated heterocycles. The first-order valence-corrected chi connectivity index (χ1v) is 6.73. The Balaban J connectivity index is 1.84. The van der Waals surface area contributed by atoms with Gasteiger partial charge in [-0.1, -0.05) is 18.9 Å². The molecule has 1 heterocycles. The van der Waals surface area contributed by atoms with E-state index in [1.165, 1.54) is 31.2 Å². The lowest BCUT2D eigenvalue weighted by Crippen LogP contribution is -2.38. The second-order valence-corrected chi connectivity index (χ2v) is 4.87. The van der Waals surface area contributed by atoms with Crippen molar-refractivity contribution in [2.75, 3.05) is 19.6 Å². The Kier molecular flexibility index (Phi) is 4.95. The number of rotatable bonds is 6. The smallest absolute Gasteiger partial charge is 0.0300 e. The van der Waals surface area contributed by atoms with E-state index in [0.29, 0.717) is 0 Å². The van der Waals surface area contributed by atoms with Crippen molar-refractivity contribution in [1.29, 1.82) is 0 Å². The molecule has 0 atom stereocenters. The average molecular weight is 233 g/mol. The van der Waals surface area contributed by atoms with Gasteiger partial charge in [0.2, 0.25) is 0 Å². The summed E-state index contributed by atoms with van der Waals surface area (Å²) in [5.41, 5.74) is 7.04. The van der Waals surface area contributed by atoms with Gasteiger partial charge in [-0.3, -0.25) is 9.88 Å². The Hall–Kier alpha value is -0.930. The molecule has 0 bridgehead atoms. The summed E-state index contributed by atoms with van der Waals surface area (Å²) in [5, 5.41) is 0. The summed E-state index contributed by atoms with van der Waals surface area (Å²) in [4.78, 5) is 6.73. The van der Waals surface area contributed by atoms with Crippen molar-refractivity contribution in [3.8, 4) is 0 Å². The molecule has 2 rings (SSSR count). The van der Waals surface area contributed by atoms with Gasteiger partial charge in [0.15, 0.2) is 0 Å². The van der Waals surface area contributed by atoms with E-state index >= 15 is 0 Å². The minimum absolute atomic E-state index is 0.767. The number of hydrogen-bond donors (Lipinski definition) is 1. The molecule has 1 saturated carbocycles. The van der Waals surface area contributed by atoms with Crippen LogP contribution in [0.2, 0.25) is 0 Å². The third kappa shape index (κ3) is 3.79. The Morgan fingerprint density at radius 1 is 1.29 bits per heavy atom. The van der Waals surface area contributed by atoms with Crippen molar-refractivity contribution in [3.63, 3.8) is 0 Å². The maximum absolute atomic E-state index is 5.71. The first kappa shape index (κ1) is 12.5. The van der Waals surface area contributed by atoms with Crippen molar-refractivity contribution in [2.24, 2.45) is 5.73 Å². The van der Waals surface area contributed by atoms with Crippen LogP contribution in [0.25, 0.3) is 0 Å². The number of nitrogens with zero attached hydrogens (tertiary/aromatic N) is 2. The van der Waals surface area contributed by atoms with Crippen LogP contribution in [0.4, 0.5) is 0 Å². The lowest BCUT2D eigenvalue weighted by molar-refractivity contribution is 0.206. The molecule has 1 aliphatic carbocycles. The highest BCUT2D eigenvalue weighted by Crippen LogP contribution is 2.23. The van der Waals surface area contributed by atoms with Gasteiger partial charge >= 0.3 is 0 Å². The number of pyridine rings is 1. The first-order chi connectivity index (χ1) is 8.40. The zero-order valence-corrected chi connectivity index (χ0v) is 10.5. The maximum atomic E-state index is 5.71. The zero-order chi connectivity index (χ0) is 11.9. The van der Waals surface area contributed by atoms with Crippen LogP contribution in [0.3, 0.4) is 0 Å². The van der Waals surface area contributed by atoms with Gasteiger partial charge in [0.25, 0.3) is 0 Å². The molecule has 3 heteroatoms. The summed E-state index contributed by atoms with van der Waals surface area (Å²) in [7, 11) is 0. The molecule has 94 valence electrons. The zero-order valence-electron chi connectivity index (χ0n) is 10.5. The minimum atomic E-state index is 0.767. The van der Waals surface area contributed by atoms with Crippen LogP contribution >= 0.6 is 0 Å². The molecule has 0 amide bonds. The predicted molar refractivity (Wildman–Crippen MR) is 70.8 cm³/mol. The highest BCUT2D eigenvalue weighted by atomic mass is 15.2. The van der Waals surface area contributed by atoms with Crippen molar-refractivity contribution in [1.82, 2.24) is 9.88 Å². The Bertz CT molecular complexity index is 307. The number of aromatic nitrogens is 1. The van der Waals surface area contributed by atoms with Gasteiger partial charge in [-0.15, -0.1) is 0 Å². The van der Waals surface area contributed by atoms with Crippen molar-refractivity contribution >= 4 is 0 Å². The molecular formula is C14H23N3. The van der Waals surface area contributed by atoms with Gasteiger partial charge in [0.05, 0.1) is 0 Å². The summed E-state index contributed by atoms with van der Waals surface area (Å²) in [6.45, 7) is 2.92. The highest BCUT2D eigenvalue weighted by molar-refractivity contribution is 5.08. The second-order valence-electron chi connectivity index (χ2n) is 4.87. The molecule has 0 aromatic carbocycles. The SMILES string of the molecule is NCCN(CCc1cccnc1)C1CCCC1. The van der Waals surface area contributed by atoms with E-state index in [1.807, 2.05) is 18.5 Å². The predicted octanol–water partition coefficient (Wildman–Crippen LogP) is 1.83. The molecule has 1 aromatic heterocycles. The van der Waals surface area contributed by atoms with Gasteiger partial charge in [-0.25, -0.2) is 0 Å². The molecular weight excluding hydrogens is 210 g/mol. The lowest BCUT2D eigenvalue weighted by Gasteiger charge is -2.28. The van der Waals surface area contributed by atoms with Crippen LogP contribution < -0.4 is 5.73 Å². The fourth-order valence-electron chi connectivity index (χ4n) is 2.73. The molecule has 1 fully saturated rings. The van der Waals surface area contributed by atoms with Crippen LogP contribution in [0.5, 0.6) is 0 Å². The summed E-state index contributed by atoms with van der Waals surface area (Å²) in [5.74, 6) is 0. The summed E-state index contributed by atoms with van der Waals surface area (Å²) < 4.78 is 0. The van der Waals surface area contributed by atoms with Crippen LogP contribution in [0, 0.1) is 0 Å². The molecule has 0 unspecified atom stereocenters. The Morgan fingerprint density at radius 2 is 2.12 bits per heavy atom. The standard InChI is InChI=1S/C14H23N3/c15-8-11-17(14-5-1-2-6-14)10-7-13-4-3-9-16-12-13/h3-4,9,12,14H,1-2,5-8,10-11,15H2. The molecule has 1 aliphatic rings. The summed E-state index contributed by atoms with van der Waals surface area (Å²) in [6, 6.07) is 4.94. The van der Waals surface area contributed by atoms with Crippen molar-refractivity contribution in [3.05, 3.63) is 30.1 Å². The summed E-state index contributed by atoms with van der Waals surface area (Å²) >= 11 is 0. The van der Waals surface area contributed by atoms with E-state index in [9.17, 15) is 0 Å². The van der Waals surface area contributed by atoms with E-state index in [4.69, 9.17) is 5.73 Å². The normalized spacial score (nSPS) is 16.8. The third-order valence-corrected chi connectivity index (χ3v) is 3.67. The summed E-state index contributed by atoms with van der Waals surface area (Å²) in [6.07, 6.45) is 10.4. The average Bonchev–Trinajstić information content (AvgIpc) is 2.89. The topological polar surface area (TPSA) is 42.1 Å². The molecule has 2 N–H and O–H groups in total. The fraction of sp³-hybridized carbons (Fsp3) is 0.643. The quantitative estimate of drug-likeness (QED) is 0.815. The fourth-order valence-corrected chi connectivity index (χ4v) is 2.73. The van der Waals surface area contributed by atoms with Gasteiger partial charge in [-0.2, -0.15) is 0 Å². The third-order valence-electron chi connectivity index (χ3n) is 3.67. The minimum Gasteiger partial charge on any atom is -0.329 e. The first-order valence-electron chi connectivity index (χ1n) is 6.73. The molecule has 0 aliphatic heterocycles. The maximum Gasteiger partial charge on any atom is 0.0300 e. The second kappa shape index (κ2) is 6.72. The van der Waals surface area contributed by atoms with Gasteiger partial charge < -0.3 is 5.73 Å². The van der Waals surface area contributed by atoms with Crippen molar-refractivity contribution in [2.45, 2.75) is 38.1 Å². The van der Waals surface area contributed by atoms with E-state index in [2.05, 4.69) is 16.0 Å². The Labute approximate surface area is 104 Å².